The third-order valence-electron chi connectivity index (χ3n) is 1.30. The highest BCUT2D eigenvalue weighted by atomic mass is 14.5. The lowest BCUT2D eigenvalue weighted by atomic mass is 10.1. The van der Waals surface area contributed by atoms with Crippen LogP contribution in [0.15, 0.2) is 11.1 Å². The number of allylic oxidation sites excluding steroid dienone is 2. The van der Waals surface area contributed by atoms with E-state index in [1.54, 1.807) is 0 Å². The molecule has 0 aliphatic rings. The molecule has 0 amide bonds. The molecule has 2 N–H and O–H groups in total. The summed E-state index contributed by atoms with van der Waals surface area (Å²) in [5.74, 6) is 0. The van der Waals surface area contributed by atoms with Gasteiger partial charge in [0, 0.05) is 6.21 Å². The van der Waals surface area contributed by atoms with Crippen LogP contribution >= 0.6 is 0 Å². The van der Waals surface area contributed by atoms with E-state index in [2.05, 4.69) is 0 Å². The summed E-state index contributed by atoms with van der Waals surface area (Å²) < 4.78 is 0. The average Bonchev–Trinajstić information content (AvgIpc) is 1.84. The molecule has 0 saturated carbocycles. The molecule has 0 aromatic carbocycles. The van der Waals surface area contributed by atoms with E-state index in [4.69, 9.17) is 10.8 Å². The van der Waals surface area contributed by atoms with Crippen molar-refractivity contribution in [2.75, 3.05) is 0 Å². The van der Waals surface area contributed by atoms with Gasteiger partial charge in [-0.3, -0.25) is 5.41 Å². The SMILES string of the molecule is CC(C)=C(C)C(=N)C=N. The minimum Gasteiger partial charge on any atom is -0.307 e. The van der Waals surface area contributed by atoms with Gasteiger partial charge in [-0.2, -0.15) is 0 Å². The summed E-state index contributed by atoms with van der Waals surface area (Å²) in [6, 6.07) is 0. The van der Waals surface area contributed by atoms with Crippen LogP contribution in [0.4, 0.5) is 0 Å². The smallest absolute Gasteiger partial charge is 0.0743 e. The second-order valence-electron chi connectivity index (χ2n) is 2.18. The maximum Gasteiger partial charge on any atom is 0.0743 e. The first-order valence-electron chi connectivity index (χ1n) is 2.83. The van der Waals surface area contributed by atoms with E-state index in [0.29, 0.717) is 5.71 Å². The Morgan fingerprint density at radius 1 is 1.22 bits per heavy atom. The Balaban J connectivity index is 4.39. The molecular formula is C7H12N2. The van der Waals surface area contributed by atoms with Crippen LogP contribution in [0, 0.1) is 10.8 Å². The van der Waals surface area contributed by atoms with Crippen LogP contribution in [0.1, 0.15) is 20.8 Å². The largest absolute Gasteiger partial charge is 0.307 e. The Kier molecular flexibility index (Phi) is 2.85. The predicted molar refractivity (Wildman–Crippen MR) is 40.6 cm³/mol. The van der Waals surface area contributed by atoms with Crippen molar-refractivity contribution in [2.24, 2.45) is 0 Å². The fraction of sp³-hybridized carbons (Fsp3) is 0.429. The molecule has 0 aromatic heterocycles. The minimum atomic E-state index is 0.301. The van der Waals surface area contributed by atoms with Crippen LogP contribution < -0.4 is 0 Å². The lowest BCUT2D eigenvalue weighted by molar-refractivity contribution is 1.30. The van der Waals surface area contributed by atoms with Gasteiger partial charge in [-0.15, -0.1) is 0 Å². The molecule has 2 nitrogen and oxygen atoms in total. The van der Waals surface area contributed by atoms with Gasteiger partial charge in [0.2, 0.25) is 0 Å². The van der Waals surface area contributed by atoms with Crippen molar-refractivity contribution in [3.8, 4) is 0 Å². The molecule has 0 fully saturated rings. The third-order valence-corrected chi connectivity index (χ3v) is 1.30. The molecular weight excluding hydrogens is 112 g/mol. The van der Waals surface area contributed by atoms with Crippen molar-refractivity contribution < 1.29 is 0 Å². The zero-order valence-corrected chi connectivity index (χ0v) is 6.08. The first kappa shape index (κ1) is 8.08. The maximum atomic E-state index is 7.17. The molecule has 0 rings (SSSR count). The van der Waals surface area contributed by atoms with Crippen LogP contribution in [0.2, 0.25) is 0 Å². The van der Waals surface area contributed by atoms with Gasteiger partial charge in [0.1, 0.15) is 0 Å². The Morgan fingerprint density at radius 3 is 1.78 bits per heavy atom. The molecule has 0 spiro atoms. The van der Waals surface area contributed by atoms with E-state index in [1.165, 1.54) is 0 Å². The number of hydrogen-bond donors (Lipinski definition) is 2. The lowest BCUT2D eigenvalue weighted by Crippen LogP contribution is -1.99. The van der Waals surface area contributed by atoms with E-state index < -0.39 is 0 Å². The number of hydrogen-bond acceptors (Lipinski definition) is 2. The van der Waals surface area contributed by atoms with Crippen molar-refractivity contribution in [1.29, 1.82) is 10.8 Å². The van der Waals surface area contributed by atoms with Crippen LogP contribution in [0.25, 0.3) is 0 Å². The van der Waals surface area contributed by atoms with E-state index in [-0.39, 0.29) is 0 Å². The van der Waals surface area contributed by atoms with Gasteiger partial charge in [-0.25, -0.2) is 0 Å². The van der Waals surface area contributed by atoms with E-state index in [0.717, 1.165) is 17.4 Å². The monoisotopic (exact) mass is 124 g/mol. The molecule has 0 saturated heterocycles. The normalized spacial score (nSPS) is 8.33. The topological polar surface area (TPSA) is 47.7 Å². The molecule has 0 aromatic rings. The summed E-state index contributed by atoms with van der Waals surface area (Å²) in [5.41, 5.74) is 2.29. The molecule has 0 aliphatic carbocycles. The van der Waals surface area contributed by atoms with Gasteiger partial charge >= 0.3 is 0 Å². The summed E-state index contributed by atoms with van der Waals surface area (Å²) in [5, 5.41) is 13.9. The van der Waals surface area contributed by atoms with E-state index in [9.17, 15) is 0 Å². The highest BCUT2D eigenvalue weighted by Crippen LogP contribution is 2.00. The van der Waals surface area contributed by atoms with Crippen LogP contribution in [0.5, 0.6) is 0 Å². The second-order valence-corrected chi connectivity index (χ2v) is 2.18. The van der Waals surface area contributed by atoms with Crippen LogP contribution in [-0.4, -0.2) is 11.9 Å². The van der Waals surface area contributed by atoms with Crippen LogP contribution in [-0.2, 0) is 0 Å². The van der Waals surface area contributed by atoms with Crippen molar-refractivity contribution in [3.63, 3.8) is 0 Å². The standard InChI is InChI=1S/C7H12N2/c1-5(2)6(3)7(9)4-8/h4,8-9H,1-3H3. The van der Waals surface area contributed by atoms with Gasteiger partial charge in [0.25, 0.3) is 0 Å². The molecule has 0 bridgehead atoms. The quantitative estimate of drug-likeness (QED) is 0.529. The van der Waals surface area contributed by atoms with Crippen molar-refractivity contribution in [1.82, 2.24) is 0 Å². The summed E-state index contributed by atoms with van der Waals surface area (Å²) in [6.45, 7) is 5.73. The molecule has 0 unspecified atom stereocenters. The first-order chi connectivity index (χ1) is 4.09. The third kappa shape index (κ3) is 2.22. The minimum absolute atomic E-state index is 0.301. The molecule has 0 aliphatic heterocycles. The van der Waals surface area contributed by atoms with Gasteiger partial charge in [0.05, 0.1) is 5.71 Å². The van der Waals surface area contributed by atoms with Crippen molar-refractivity contribution in [2.45, 2.75) is 20.8 Å². The van der Waals surface area contributed by atoms with Gasteiger partial charge in [-0.05, 0) is 26.3 Å². The number of nitrogens with one attached hydrogen (secondary N) is 2. The zero-order chi connectivity index (χ0) is 7.44. The lowest BCUT2D eigenvalue weighted by Gasteiger charge is -1.97. The Morgan fingerprint density at radius 2 is 1.67 bits per heavy atom. The molecule has 0 atom stereocenters. The summed E-state index contributed by atoms with van der Waals surface area (Å²) >= 11 is 0. The zero-order valence-electron chi connectivity index (χ0n) is 6.08. The highest BCUT2D eigenvalue weighted by Gasteiger charge is 1.94. The summed E-state index contributed by atoms with van der Waals surface area (Å²) in [7, 11) is 0. The second kappa shape index (κ2) is 3.17. The Labute approximate surface area is 55.6 Å². The van der Waals surface area contributed by atoms with Gasteiger partial charge < -0.3 is 5.41 Å². The first-order valence-corrected chi connectivity index (χ1v) is 2.83. The highest BCUT2D eigenvalue weighted by molar-refractivity contribution is 6.35. The Bertz CT molecular complexity index is 162. The van der Waals surface area contributed by atoms with E-state index >= 15 is 0 Å². The van der Waals surface area contributed by atoms with Gasteiger partial charge in [0.15, 0.2) is 0 Å². The molecule has 0 radical (unpaired) electrons. The fourth-order valence-electron chi connectivity index (χ4n) is 0.378. The molecule has 9 heavy (non-hydrogen) atoms. The van der Waals surface area contributed by atoms with Gasteiger partial charge in [-0.1, -0.05) is 5.57 Å². The Hall–Kier alpha value is -0.920. The average molecular weight is 124 g/mol. The molecule has 50 valence electrons. The predicted octanol–water partition coefficient (Wildman–Crippen LogP) is 2.01. The van der Waals surface area contributed by atoms with Crippen molar-refractivity contribution >= 4 is 11.9 Å². The van der Waals surface area contributed by atoms with E-state index in [1.807, 2.05) is 20.8 Å². The summed E-state index contributed by atoms with van der Waals surface area (Å²) in [4.78, 5) is 0. The maximum absolute atomic E-state index is 7.17. The molecule has 0 heterocycles. The fourth-order valence-corrected chi connectivity index (χ4v) is 0.378. The number of rotatable bonds is 2. The van der Waals surface area contributed by atoms with Crippen molar-refractivity contribution in [3.05, 3.63) is 11.1 Å². The summed E-state index contributed by atoms with van der Waals surface area (Å²) in [6.07, 6.45) is 1.06. The van der Waals surface area contributed by atoms with Crippen LogP contribution in [0.3, 0.4) is 0 Å². The molecule has 2 heteroatoms.